The molecule has 3 aromatic rings. The first kappa shape index (κ1) is 18.5. The first-order valence-electron chi connectivity index (χ1n) is 8.05. The van der Waals surface area contributed by atoms with Crippen molar-refractivity contribution in [2.24, 2.45) is 0 Å². The lowest BCUT2D eigenvalue weighted by Gasteiger charge is -2.03. The Morgan fingerprint density at radius 2 is 1.81 bits per heavy atom. The van der Waals surface area contributed by atoms with E-state index in [2.05, 4.69) is 9.97 Å². The molecule has 0 radical (unpaired) electrons. The molecule has 0 atom stereocenters. The van der Waals surface area contributed by atoms with Crippen LogP contribution in [0.15, 0.2) is 77.1 Å². The molecule has 0 saturated carbocycles. The highest BCUT2D eigenvalue weighted by molar-refractivity contribution is 7.99. The van der Waals surface area contributed by atoms with Crippen molar-refractivity contribution >= 4 is 29.3 Å². The van der Waals surface area contributed by atoms with E-state index in [1.54, 1.807) is 48.8 Å². The summed E-state index contributed by atoms with van der Waals surface area (Å²) in [5, 5.41) is 11.8. The predicted molar refractivity (Wildman–Crippen MR) is 104 cm³/mol. The van der Waals surface area contributed by atoms with Crippen LogP contribution in [0, 0.1) is 17.0 Å². The van der Waals surface area contributed by atoms with Crippen molar-refractivity contribution in [3.05, 3.63) is 93.8 Å². The minimum Gasteiger partial charge on any atom is -0.289 e. The number of benzene rings is 2. The fourth-order valence-corrected chi connectivity index (χ4v) is 3.09. The Labute approximate surface area is 160 Å². The van der Waals surface area contributed by atoms with E-state index in [4.69, 9.17) is 0 Å². The average molecular weight is 377 g/mol. The van der Waals surface area contributed by atoms with Gasteiger partial charge in [0.1, 0.15) is 0 Å². The molecule has 0 unspecified atom stereocenters. The highest BCUT2D eigenvalue weighted by atomic mass is 32.2. The monoisotopic (exact) mass is 377 g/mol. The fraction of sp³-hybridized carbons (Fsp3) is 0.0500. The lowest BCUT2D eigenvalue weighted by molar-refractivity contribution is -0.387. The normalized spacial score (nSPS) is 10.9. The molecule has 0 N–H and O–H groups in total. The summed E-state index contributed by atoms with van der Waals surface area (Å²) < 4.78 is 0. The van der Waals surface area contributed by atoms with E-state index in [1.807, 2.05) is 19.1 Å². The molecule has 2 aromatic carbocycles. The quantitative estimate of drug-likeness (QED) is 0.203. The molecular formula is C20H15N3O3S. The summed E-state index contributed by atoms with van der Waals surface area (Å²) in [6.45, 7) is 1.95. The molecule has 0 bridgehead atoms. The number of aromatic nitrogens is 2. The van der Waals surface area contributed by atoms with Gasteiger partial charge in [0.15, 0.2) is 10.9 Å². The largest absolute Gasteiger partial charge is 0.289 e. The van der Waals surface area contributed by atoms with Gasteiger partial charge in [-0.15, -0.1) is 0 Å². The molecular weight excluding hydrogens is 362 g/mol. The minimum atomic E-state index is -0.454. The number of aryl methyl sites for hydroxylation is 1. The van der Waals surface area contributed by atoms with Crippen LogP contribution >= 0.6 is 11.8 Å². The number of carbonyl (C=O) groups excluding carboxylic acids is 1. The maximum atomic E-state index is 12.2. The smallest absolute Gasteiger partial charge is 0.283 e. The number of allylic oxidation sites excluding steroid dienone is 1. The number of hydrogen-bond acceptors (Lipinski definition) is 6. The second-order valence-corrected chi connectivity index (χ2v) is 6.69. The van der Waals surface area contributed by atoms with Gasteiger partial charge in [0.2, 0.25) is 0 Å². The van der Waals surface area contributed by atoms with Crippen molar-refractivity contribution in [1.29, 1.82) is 0 Å². The van der Waals surface area contributed by atoms with E-state index >= 15 is 0 Å². The number of nitro benzene ring substituents is 1. The molecule has 0 saturated heterocycles. The summed E-state index contributed by atoms with van der Waals surface area (Å²) in [5.41, 5.74) is 2.15. The molecule has 0 fully saturated rings. The van der Waals surface area contributed by atoms with Crippen molar-refractivity contribution in [3.8, 4) is 0 Å². The molecule has 1 heterocycles. The van der Waals surface area contributed by atoms with Crippen molar-refractivity contribution in [1.82, 2.24) is 9.97 Å². The summed E-state index contributed by atoms with van der Waals surface area (Å²) in [6.07, 6.45) is 6.14. The highest BCUT2D eigenvalue weighted by Gasteiger charge is 2.16. The van der Waals surface area contributed by atoms with E-state index in [-0.39, 0.29) is 11.5 Å². The molecule has 0 amide bonds. The van der Waals surface area contributed by atoms with Gasteiger partial charge in [-0.05, 0) is 42.5 Å². The Morgan fingerprint density at radius 3 is 2.48 bits per heavy atom. The van der Waals surface area contributed by atoms with E-state index in [9.17, 15) is 14.9 Å². The Hall–Kier alpha value is -3.32. The topological polar surface area (TPSA) is 86.0 Å². The third kappa shape index (κ3) is 4.86. The predicted octanol–water partition coefficient (Wildman–Crippen LogP) is 4.74. The van der Waals surface area contributed by atoms with Crippen LogP contribution in [-0.2, 0) is 0 Å². The third-order valence-corrected chi connectivity index (χ3v) is 4.64. The van der Waals surface area contributed by atoms with Crippen LogP contribution in [0.4, 0.5) is 5.69 Å². The summed E-state index contributed by atoms with van der Waals surface area (Å²) in [4.78, 5) is 31.7. The maximum absolute atomic E-state index is 12.2. The zero-order valence-electron chi connectivity index (χ0n) is 14.4. The lowest BCUT2D eigenvalue weighted by Crippen LogP contribution is -1.95. The van der Waals surface area contributed by atoms with Crippen LogP contribution in [-0.4, -0.2) is 20.7 Å². The van der Waals surface area contributed by atoms with Crippen molar-refractivity contribution in [2.45, 2.75) is 17.0 Å². The first-order valence-corrected chi connectivity index (χ1v) is 8.87. The van der Waals surface area contributed by atoms with Gasteiger partial charge in [0.05, 0.1) is 9.82 Å². The molecule has 1 aromatic heterocycles. The van der Waals surface area contributed by atoms with Crippen molar-refractivity contribution in [3.63, 3.8) is 0 Å². The molecule has 3 rings (SSSR count). The number of nitrogens with zero attached hydrogens (tertiary/aromatic N) is 3. The summed E-state index contributed by atoms with van der Waals surface area (Å²) in [6, 6.07) is 13.7. The van der Waals surface area contributed by atoms with Gasteiger partial charge >= 0.3 is 0 Å². The Balaban J connectivity index is 1.82. The van der Waals surface area contributed by atoms with E-state index < -0.39 is 4.92 Å². The lowest BCUT2D eigenvalue weighted by atomic mass is 10.1. The number of rotatable bonds is 6. The SMILES string of the molecule is Cc1ccc(C(=O)C=Cc2ccc(Sc3ncccn3)c([N+](=O)[O-])c2)cc1. The van der Waals surface area contributed by atoms with Crippen molar-refractivity contribution < 1.29 is 9.72 Å². The van der Waals surface area contributed by atoms with Crippen LogP contribution in [0.1, 0.15) is 21.5 Å². The fourth-order valence-electron chi connectivity index (χ4n) is 2.29. The van der Waals surface area contributed by atoms with E-state index in [0.717, 1.165) is 17.3 Å². The van der Waals surface area contributed by atoms with Crippen LogP contribution < -0.4 is 0 Å². The van der Waals surface area contributed by atoms with Gasteiger partial charge in [0.25, 0.3) is 5.69 Å². The third-order valence-electron chi connectivity index (χ3n) is 3.69. The second kappa shape index (κ2) is 8.37. The van der Waals surface area contributed by atoms with Gasteiger partial charge < -0.3 is 0 Å². The summed E-state index contributed by atoms with van der Waals surface area (Å²) >= 11 is 1.12. The van der Waals surface area contributed by atoms with Crippen molar-refractivity contribution in [2.75, 3.05) is 0 Å². The molecule has 0 spiro atoms. The van der Waals surface area contributed by atoms with Gasteiger partial charge in [0, 0.05) is 24.0 Å². The van der Waals surface area contributed by atoms with Gasteiger partial charge in [-0.1, -0.05) is 42.0 Å². The van der Waals surface area contributed by atoms with Crippen LogP contribution in [0.3, 0.4) is 0 Å². The Bertz CT molecular complexity index is 1000. The zero-order valence-corrected chi connectivity index (χ0v) is 15.2. The van der Waals surface area contributed by atoms with Gasteiger partial charge in [-0.2, -0.15) is 0 Å². The molecule has 27 heavy (non-hydrogen) atoms. The minimum absolute atomic E-state index is 0.0580. The summed E-state index contributed by atoms with van der Waals surface area (Å²) in [7, 11) is 0. The average Bonchev–Trinajstić information content (AvgIpc) is 2.68. The molecule has 0 aliphatic carbocycles. The van der Waals surface area contributed by atoms with Crippen LogP contribution in [0.25, 0.3) is 6.08 Å². The Kier molecular flexibility index (Phi) is 5.73. The molecule has 0 aliphatic rings. The number of nitro groups is 1. The molecule has 0 aliphatic heterocycles. The maximum Gasteiger partial charge on any atom is 0.283 e. The Morgan fingerprint density at radius 1 is 1.11 bits per heavy atom. The van der Waals surface area contributed by atoms with E-state index in [0.29, 0.717) is 21.2 Å². The highest BCUT2D eigenvalue weighted by Crippen LogP contribution is 2.33. The van der Waals surface area contributed by atoms with Gasteiger partial charge in [-0.3, -0.25) is 14.9 Å². The number of hydrogen-bond donors (Lipinski definition) is 0. The number of carbonyl (C=O) groups is 1. The first-order chi connectivity index (χ1) is 13.0. The van der Waals surface area contributed by atoms with Gasteiger partial charge in [-0.25, -0.2) is 9.97 Å². The molecule has 6 nitrogen and oxygen atoms in total. The second-order valence-electron chi connectivity index (χ2n) is 5.68. The molecule has 134 valence electrons. The van der Waals surface area contributed by atoms with Crippen LogP contribution in [0.2, 0.25) is 0 Å². The van der Waals surface area contributed by atoms with E-state index in [1.165, 1.54) is 12.1 Å². The molecule has 7 heteroatoms. The zero-order chi connectivity index (χ0) is 19.2. The van der Waals surface area contributed by atoms with Crippen LogP contribution in [0.5, 0.6) is 0 Å². The number of ketones is 1. The standard InChI is InChI=1S/C20H15N3O3S/c1-14-3-7-16(8-4-14)18(24)9-5-15-6-10-19(17(13-15)23(25)26)27-20-21-11-2-12-22-20/h2-13H,1H3. The summed E-state index contributed by atoms with van der Waals surface area (Å²) in [5.74, 6) is -0.159.